The number of nitrogens with one attached hydrogen (secondary N) is 3. The fourth-order valence-electron chi connectivity index (χ4n) is 2.71. The number of carbonyl (C=O) groups excluding carboxylic acids is 2. The average Bonchev–Trinajstić information content (AvgIpc) is 2.59. The highest BCUT2D eigenvalue weighted by molar-refractivity contribution is 14.1. The first-order valence-corrected chi connectivity index (χ1v) is 9.61. The second kappa shape index (κ2) is 8.48. The molecule has 1 atom stereocenters. The van der Waals surface area contributed by atoms with Crippen LogP contribution >= 0.6 is 22.6 Å². The van der Waals surface area contributed by atoms with Gasteiger partial charge in [0.2, 0.25) is 5.91 Å². The Labute approximate surface area is 173 Å². The number of hydrogen-bond acceptors (Lipinski definition) is 4. The van der Waals surface area contributed by atoms with Crippen LogP contribution in [0.1, 0.15) is 17.3 Å². The van der Waals surface area contributed by atoms with Gasteiger partial charge >= 0.3 is 0 Å². The number of ketones is 1. The van der Waals surface area contributed by atoms with Gasteiger partial charge in [0.05, 0.1) is 23.3 Å². The zero-order valence-electron chi connectivity index (χ0n) is 14.8. The number of carbonyl (C=O) groups is 2. The molecule has 1 saturated heterocycles. The highest BCUT2D eigenvalue weighted by Gasteiger charge is 2.29. The largest absolute Gasteiger partial charge is 0.350 e. The molecule has 2 aromatic carbocycles. The van der Waals surface area contributed by atoms with E-state index in [1.165, 1.54) is 19.1 Å². The van der Waals surface area contributed by atoms with Gasteiger partial charge in [0.15, 0.2) is 17.4 Å². The van der Waals surface area contributed by atoms with Gasteiger partial charge in [-0.3, -0.25) is 9.59 Å². The summed E-state index contributed by atoms with van der Waals surface area (Å²) in [5, 5.41) is 8.00. The summed E-state index contributed by atoms with van der Waals surface area (Å²) in [6.45, 7) is 2.51. The fourth-order valence-corrected chi connectivity index (χ4v) is 3.16. The van der Waals surface area contributed by atoms with Crippen LogP contribution in [0, 0.1) is 26.9 Å². The third-order valence-electron chi connectivity index (χ3n) is 4.46. The molecule has 1 fully saturated rings. The SMILES string of the molecule is CC(NC(=O)C1CNC1)C(=O)c1ccc(F)c(F)c1Nc1ccc(I)cc1F. The fraction of sp³-hybridized carbons (Fsp3) is 0.263. The number of benzene rings is 2. The Hall–Kier alpha value is -2.14. The molecule has 28 heavy (non-hydrogen) atoms. The highest BCUT2D eigenvalue weighted by atomic mass is 127. The monoisotopic (exact) mass is 503 g/mol. The number of anilines is 2. The Morgan fingerprint density at radius 2 is 1.86 bits per heavy atom. The molecule has 3 N–H and O–H groups in total. The number of hydrogen-bond donors (Lipinski definition) is 3. The molecular weight excluding hydrogens is 486 g/mol. The summed E-state index contributed by atoms with van der Waals surface area (Å²) < 4.78 is 42.9. The maximum absolute atomic E-state index is 14.4. The minimum absolute atomic E-state index is 0.101. The lowest BCUT2D eigenvalue weighted by Crippen LogP contribution is -2.53. The second-order valence-corrected chi connectivity index (χ2v) is 7.73. The Bertz CT molecular complexity index is 935. The van der Waals surface area contributed by atoms with E-state index in [1.54, 1.807) is 6.07 Å². The molecule has 0 bridgehead atoms. The predicted octanol–water partition coefficient (Wildman–Crippen LogP) is 3.36. The Balaban J connectivity index is 1.88. The minimum atomic E-state index is -1.30. The zero-order chi connectivity index (χ0) is 20.4. The van der Waals surface area contributed by atoms with Crippen LogP contribution in [0.25, 0.3) is 0 Å². The van der Waals surface area contributed by atoms with Gasteiger partial charge in [-0.05, 0) is 59.8 Å². The molecule has 3 rings (SSSR count). The minimum Gasteiger partial charge on any atom is -0.350 e. The lowest BCUT2D eigenvalue weighted by atomic mass is 9.99. The number of amides is 1. The van der Waals surface area contributed by atoms with Gasteiger partial charge in [-0.25, -0.2) is 13.2 Å². The molecular formula is C19H17F3IN3O2. The van der Waals surface area contributed by atoms with Crippen LogP contribution in [-0.2, 0) is 4.79 Å². The number of rotatable bonds is 6. The van der Waals surface area contributed by atoms with E-state index in [2.05, 4.69) is 16.0 Å². The highest BCUT2D eigenvalue weighted by Crippen LogP contribution is 2.29. The molecule has 148 valence electrons. The van der Waals surface area contributed by atoms with Gasteiger partial charge in [0, 0.05) is 22.2 Å². The van der Waals surface area contributed by atoms with Crippen LogP contribution in [0.3, 0.4) is 0 Å². The lowest BCUT2D eigenvalue weighted by molar-refractivity contribution is -0.126. The smallest absolute Gasteiger partial charge is 0.226 e. The Morgan fingerprint density at radius 1 is 1.14 bits per heavy atom. The first-order valence-electron chi connectivity index (χ1n) is 8.53. The standard InChI is InChI=1S/C19H17F3IN3O2/c1-9(25-19(28)10-7-24-8-10)18(27)12-3-4-13(20)16(22)17(12)26-15-5-2-11(23)6-14(15)21/h2-6,9-10,24,26H,7-8H2,1H3,(H,25,28). The molecule has 0 aliphatic carbocycles. The summed E-state index contributed by atoms with van der Waals surface area (Å²) >= 11 is 1.91. The molecule has 9 heteroatoms. The van der Waals surface area contributed by atoms with Gasteiger partial charge in [-0.1, -0.05) is 0 Å². The van der Waals surface area contributed by atoms with Gasteiger partial charge in [-0.15, -0.1) is 0 Å². The van der Waals surface area contributed by atoms with Crippen LogP contribution in [-0.4, -0.2) is 30.8 Å². The van der Waals surface area contributed by atoms with Crippen molar-refractivity contribution in [2.45, 2.75) is 13.0 Å². The van der Waals surface area contributed by atoms with Crippen molar-refractivity contribution >= 4 is 45.7 Å². The van der Waals surface area contributed by atoms with Crippen molar-refractivity contribution in [1.82, 2.24) is 10.6 Å². The zero-order valence-corrected chi connectivity index (χ0v) is 16.9. The first kappa shape index (κ1) is 20.6. The summed E-state index contributed by atoms with van der Waals surface area (Å²) in [4.78, 5) is 24.8. The third kappa shape index (κ3) is 4.30. The van der Waals surface area contributed by atoms with E-state index in [1.807, 2.05) is 22.6 Å². The van der Waals surface area contributed by atoms with Crippen molar-refractivity contribution in [1.29, 1.82) is 0 Å². The molecule has 2 aromatic rings. The van der Waals surface area contributed by atoms with Crippen LogP contribution in [0.15, 0.2) is 30.3 Å². The van der Waals surface area contributed by atoms with E-state index in [4.69, 9.17) is 0 Å². The van der Waals surface area contributed by atoms with Crippen LogP contribution in [0.4, 0.5) is 24.5 Å². The average molecular weight is 503 g/mol. The molecule has 1 aliphatic rings. The third-order valence-corrected chi connectivity index (χ3v) is 5.13. The van der Waals surface area contributed by atoms with Crippen molar-refractivity contribution in [2.75, 3.05) is 18.4 Å². The first-order chi connectivity index (χ1) is 13.3. The quantitative estimate of drug-likeness (QED) is 0.418. The van der Waals surface area contributed by atoms with Crippen molar-refractivity contribution in [3.05, 3.63) is 56.9 Å². The normalized spacial score (nSPS) is 14.9. The van der Waals surface area contributed by atoms with Crippen molar-refractivity contribution < 1.29 is 22.8 Å². The van der Waals surface area contributed by atoms with Gasteiger partial charge < -0.3 is 16.0 Å². The van der Waals surface area contributed by atoms with E-state index < -0.39 is 35.0 Å². The summed E-state index contributed by atoms with van der Waals surface area (Å²) in [6.07, 6.45) is 0. The molecule has 0 spiro atoms. The summed E-state index contributed by atoms with van der Waals surface area (Å²) in [5.41, 5.74) is -0.760. The van der Waals surface area contributed by atoms with E-state index >= 15 is 0 Å². The van der Waals surface area contributed by atoms with Crippen LogP contribution in [0.5, 0.6) is 0 Å². The predicted molar refractivity (Wildman–Crippen MR) is 107 cm³/mol. The molecule has 5 nitrogen and oxygen atoms in total. The van der Waals surface area contributed by atoms with Gasteiger partial charge in [-0.2, -0.15) is 0 Å². The maximum Gasteiger partial charge on any atom is 0.226 e. The van der Waals surface area contributed by atoms with Crippen molar-refractivity contribution in [3.63, 3.8) is 0 Å². The number of halogens is 4. The van der Waals surface area contributed by atoms with Crippen LogP contribution in [0.2, 0.25) is 0 Å². The van der Waals surface area contributed by atoms with Crippen molar-refractivity contribution in [2.24, 2.45) is 5.92 Å². The topological polar surface area (TPSA) is 70.2 Å². The molecule has 1 unspecified atom stereocenters. The molecule has 0 saturated carbocycles. The molecule has 1 aliphatic heterocycles. The van der Waals surface area contributed by atoms with Gasteiger partial charge in [0.25, 0.3) is 0 Å². The molecule has 0 radical (unpaired) electrons. The van der Waals surface area contributed by atoms with Crippen LogP contribution < -0.4 is 16.0 Å². The maximum atomic E-state index is 14.4. The van der Waals surface area contributed by atoms with E-state index in [0.29, 0.717) is 16.7 Å². The molecule has 1 heterocycles. The van der Waals surface area contributed by atoms with Crippen molar-refractivity contribution in [3.8, 4) is 0 Å². The Kier molecular flexibility index (Phi) is 6.23. The molecule has 0 aromatic heterocycles. The van der Waals surface area contributed by atoms with E-state index in [9.17, 15) is 22.8 Å². The Morgan fingerprint density at radius 3 is 2.46 bits per heavy atom. The lowest BCUT2D eigenvalue weighted by Gasteiger charge is -2.27. The van der Waals surface area contributed by atoms with E-state index in [0.717, 1.165) is 12.1 Å². The summed E-state index contributed by atoms with van der Waals surface area (Å²) in [5.74, 6) is -4.28. The molecule has 1 amide bonds. The summed E-state index contributed by atoms with van der Waals surface area (Å²) in [6, 6.07) is 5.14. The van der Waals surface area contributed by atoms with Gasteiger partial charge in [0.1, 0.15) is 5.82 Å². The van der Waals surface area contributed by atoms with E-state index in [-0.39, 0.29) is 23.1 Å². The summed E-state index contributed by atoms with van der Waals surface area (Å²) in [7, 11) is 0. The second-order valence-electron chi connectivity index (χ2n) is 6.48. The number of Topliss-reactive ketones (excluding diaryl/α,β-unsaturated/α-hetero) is 1.